The Morgan fingerprint density at radius 3 is 2.30 bits per heavy atom. The number of carbonyl (C=O) groups excluding carboxylic acids is 1. The number of carbonyl (C=O) groups is 1. The number of nitro benzene ring substituents is 1. The van der Waals surface area contributed by atoms with Gasteiger partial charge in [-0.25, -0.2) is 0 Å². The predicted octanol–water partition coefficient (Wildman–Crippen LogP) is 5.07. The molecule has 1 N–H and O–H groups in total. The number of methoxy groups -OCH3 is 1. The summed E-state index contributed by atoms with van der Waals surface area (Å²) in [6.45, 7) is 1.83. The Morgan fingerprint density at radius 2 is 1.70 bits per heavy atom. The molecule has 0 saturated carbocycles. The van der Waals surface area contributed by atoms with E-state index in [9.17, 15) is 14.9 Å². The number of nitro groups is 1. The van der Waals surface area contributed by atoms with Crippen LogP contribution in [0.3, 0.4) is 0 Å². The summed E-state index contributed by atoms with van der Waals surface area (Å²) in [7, 11) is 1.43. The normalized spacial score (nSPS) is 11.4. The molecule has 154 valence electrons. The van der Waals surface area contributed by atoms with E-state index in [0.717, 1.165) is 11.1 Å². The largest absolute Gasteiger partial charge is 0.495 e. The van der Waals surface area contributed by atoms with Crippen LogP contribution in [0.5, 0.6) is 11.5 Å². The lowest BCUT2D eigenvalue weighted by Gasteiger charge is -2.18. The van der Waals surface area contributed by atoms with E-state index in [2.05, 4.69) is 5.32 Å². The molecule has 0 aromatic heterocycles. The van der Waals surface area contributed by atoms with Gasteiger partial charge >= 0.3 is 0 Å². The van der Waals surface area contributed by atoms with Crippen LogP contribution in [0.25, 0.3) is 11.1 Å². The number of nitrogens with zero attached hydrogens (tertiary/aromatic N) is 1. The van der Waals surface area contributed by atoms with Crippen molar-refractivity contribution < 1.29 is 19.2 Å². The SMILES string of the molecule is CCC(Oc1ccc(-c2ccccc2)cc1)C(=O)Nc1cc([N+](=O)[O-])ccc1OC. The molecule has 0 saturated heterocycles. The van der Waals surface area contributed by atoms with Crippen LogP contribution in [0.15, 0.2) is 72.8 Å². The zero-order chi connectivity index (χ0) is 21.5. The molecule has 3 aromatic carbocycles. The monoisotopic (exact) mass is 406 g/mol. The molecule has 1 atom stereocenters. The first kappa shape index (κ1) is 20.9. The van der Waals surface area contributed by atoms with Crippen LogP contribution in [-0.4, -0.2) is 24.0 Å². The van der Waals surface area contributed by atoms with Gasteiger partial charge in [-0.05, 0) is 35.7 Å². The fourth-order valence-electron chi connectivity index (χ4n) is 2.96. The van der Waals surface area contributed by atoms with Gasteiger partial charge in [-0.1, -0.05) is 49.4 Å². The molecule has 0 radical (unpaired) electrons. The van der Waals surface area contributed by atoms with Crippen molar-refractivity contribution >= 4 is 17.3 Å². The van der Waals surface area contributed by atoms with Crippen LogP contribution in [0.1, 0.15) is 13.3 Å². The van der Waals surface area contributed by atoms with Crippen molar-refractivity contribution in [1.82, 2.24) is 0 Å². The number of hydrogen-bond acceptors (Lipinski definition) is 5. The number of rotatable bonds is 8. The van der Waals surface area contributed by atoms with Gasteiger partial charge in [0.05, 0.1) is 17.7 Å². The molecular weight excluding hydrogens is 384 g/mol. The van der Waals surface area contributed by atoms with Crippen molar-refractivity contribution in [3.8, 4) is 22.6 Å². The molecule has 3 rings (SSSR count). The van der Waals surface area contributed by atoms with E-state index < -0.39 is 16.9 Å². The average Bonchev–Trinajstić information content (AvgIpc) is 2.78. The summed E-state index contributed by atoms with van der Waals surface area (Å²) in [5.41, 5.74) is 2.21. The molecule has 7 heteroatoms. The maximum atomic E-state index is 12.7. The fraction of sp³-hybridized carbons (Fsp3) is 0.174. The third-order valence-corrected chi connectivity index (χ3v) is 4.55. The lowest BCUT2D eigenvalue weighted by Crippen LogP contribution is -2.32. The topological polar surface area (TPSA) is 90.7 Å². The van der Waals surface area contributed by atoms with Gasteiger partial charge in [0.25, 0.3) is 11.6 Å². The number of non-ortho nitro benzene ring substituents is 1. The highest BCUT2D eigenvalue weighted by Gasteiger charge is 2.21. The predicted molar refractivity (Wildman–Crippen MR) is 115 cm³/mol. The molecule has 0 bridgehead atoms. The van der Waals surface area contributed by atoms with Gasteiger partial charge in [-0.15, -0.1) is 0 Å². The molecule has 1 amide bonds. The van der Waals surface area contributed by atoms with Gasteiger partial charge < -0.3 is 14.8 Å². The van der Waals surface area contributed by atoms with Gasteiger partial charge in [0, 0.05) is 12.1 Å². The molecular formula is C23H22N2O5. The molecule has 0 aliphatic carbocycles. The zero-order valence-electron chi connectivity index (χ0n) is 16.7. The Balaban J connectivity index is 1.72. The molecule has 30 heavy (non-hydrogen) atoms. The van der Waals surface area contributed by atoms with Crippen LogP contribution >= 0.6 is 0 Å². The summed E-state index contributed by atoms with van der Waals surface area (Å²) >= 11 is 0. The molecule has 3 aromatic rings. The number of amides is 1. The molecule has 0 heterocycles. The van der Waals surface area contributed by atoms with E-state index in [4.69, 9.17) is 9.47 Å². The van der Waals surface area contributed by atoms with Crippen LogP contribution in [-0.2, 0) is 4.79 Å². The zero-order valence-corrected chi connectivity index (χ0v) is 16.7. The van der Waals surface area contributed by atoms with E-state index >= 15 is 0 Å². The molecule has 7 nitrogen and oxygen atoms in total. The van der Waals surface area contributed by atoms with Gasteiger partial charge in [-0.3, -0.25) is 14.9 Å². The summed E-state index contributed by atoms with van der Waals surface area (Å²) in [4.78, 5) is 23.2. The third kappa shape index (κ3) is 4.94. The second-order valence-corrected chi connectivity index (χ2v) is 6.54. The minimum Gasteiger partial charge on any atom is -0.495 e. The summed E-state index contributed by atoms with van der Waals surface area (Å²) in [5, 5.41) is 13.7. The number of nitrogens with one attached hydrogen (secondary N) is 1. The second-order valence-electron chi connectivity index (χ2n) is 6.54. The highest BCUT2D eigenvalue weighted by atomic mass is 16.6. The Bertz CT molecular complexity index is 1020. The smallest absolute Gasteiger partial charge is 0.271 e. The van der Waals surface area contributed by atoms with Gasteiger partial charge in [-0.2, -0.15) is 0 Å². The van der Waals surface area contributed by atoms with Crippen molar-refractivity contribution in [2.24, 2.45) is 0 Å². The van der Waals surface area contributed by atoms with Gasteiger partial charge in [0.15, 0.2) is 6.10 Å². The highest BCUT2D eigenvalue weighted by Crippen LogP contribution is 2.29. The average molecular weight is 406 g/mol. The van der Waals surface area contributed by atoms with Crippen LogP contribution in [0.4, 0.5) is 11.4 Å². The molecule has 0 spiro atoms. The molecule has 0 aliphatic heterocycles. The van der Waals surface area contributed by atoms with Gasteiger partial charge in [0.1, 0.15) is 11.5 Å². The highest BCUT2D eigenvalue weighted by molar-refractivity contribution is 5.96. The Labute approximate surface area is 174 Å². The molecule has 0 aliphatic rings. The number of anilines is 1. The Morgan fingerprint density at radius 1 is 1.03 bits per heavy atom. The van der Waals surface area contributed by atoms with Crippen molar-refractivity contribution in [2.45, 2.75) is 19.4 Å². The first-order chi connectivity index (χ1) is 14.5. The Kier molecular flexibility index (Phi) is 6.64. The molecule has 1 unspecified atom stereocenters. The van der Waals surface area contributed by atoms with E-state index in [1.54, 1.807) is 0 Å². The molecule has 0 fully saturated rings. The van der Waals surface area contributed by atoms with Crippen molar-refractivity contribution in [3.63, 3.8) is 0 Å². The first-order valence-electron chi connectivity index (χ1n) is 9.47. The van der Waals surface area contributed by atoms with Crippen LogP contribution in [0.2, 0.25) is 0 Å². The second kappa shape index (κ2) is 9.56. The van der Waals surface area contributed by atoms with Crippen LogP contribution in [0, 0.1) is 10.1 Å². The lowest BCUT2D eigenvalue weighted by atomic mass is 10.1. The van der Waals surface area contributed by atoms with E-state index in [-0.39, 0.29) is 11.4 Å². The lowest BCUT2D eigenvalue weighted by molar-refractivity contribution is -0.384. The fourth-order valence-corrected chi connectivity index (χ4v) is 2.96. The van der Waals surface area contributed by atoms with E-state index in [1.807, 2.05) is 61.5 Å². The number of benzene rings is 3. The third-order valence-electron chi connectivity index (χ3n) is 4.55. The maximum absolute atomic E-state index is 12.7. The van der Waals surface area contributed by atoms with Crippen molar-refractivity contribution in [3.05, 3.63) is 82.9 Å². The summed E-state index contributed by atoms with van der Waals surface area (Å²) < 4.78 is 11.0. The summed E-state index contributed by atoms with van der Waals surface area (Å²) in [5.74, 6) is 0.474. The quantitative estimate of drug-likeness (QED) is 0.417. The van der Waals surface area contributed by atoms with E-state index in [0.29, 0.717) is 17.9 Å². The van der Waals surface area contributed by atoms with E-state index in [1.165, 1.54) is 25.3 Å². The first-order valence-corrected chi connectivity index (χ1v) is 9.47. The number of ether oxygens (including phenoxy) is 2. The number of hydrogen-bond donors (Lipinski definition) is 1. The van der Waals surface area contributed by atoms with Crippen molar-refractivity contribution in [1.29, 1.82) is 0 Å². The minimum absolute atomic E-state index is 0.142. The Hall–Kier alpha value is -3.87. The minimum atomic E-state index is -0.767. The standard InChI is InChI=1S/C23H22N2O5/c1-3-21(23(26)24-20-15-18(25(27)28)11-14-22(20)29-2)30-19-12-9-17(10-13-19)16-7-5-4-6-8-16/h4-15,21H,3H2,1-2H3,(H,24,26). The summed E-state index contributed by atoms with van der Waals surface area (Å²) in [6.07, 6.45) is -0.347. The van der Waals surface area contributed by atoms with Crippen LogP contribution < -0.4 is 14.8 Å². The van der Waals surface area contributed by atoms with Crippen molar-refractivity contribution in [2.75, 3.05) is 12.4 Å². The summed E-state index contributed by atoms with van der Waals surface area (Å²) in [6, 6.07) is 21.4. The maximum Gasteiger partial charge on any atom is 0.271 e. The van der Waals surface area contributed by atoms with Gasteiger partial charge in [0.2, 0.25) is 0 Å².